The summed E-state index contributed by atoms with van der Waals surface area (Å²) in [6.45, 7) is 13.3. The minimum absolute atomic E-state index is 0. The van der Waals surface area contributed by atoms with E-state index in [2.05, 4.69) is 43.3 Å². The Morgan fingerprint density at radius 1 is 1.50 bits per heavy atom. The number of hydrogen-bond donors (Lipinski definition) is 1. The highest BCUT2D eigenvalue weighted by atomic mass is 35.5. The highest BCUT2D eigenvalue weighted by Gasteiger charge is 2.21. The standard InChI is InChI=1S/C13H23N3S.ClH/c1-10-7-14-5-6-16(10)8-11-9-17-12(15-11)13(2,3)4;/h9-10,14H,5-8H2,1-4H3;1H. The third-order valence-electron chi connectivity index (χ3n) is 3.20. The molecule has 0 amide bonds. The minimum atomic E-state index is 0. The summed E-state index contributed by atoms with van der Waals surface area (Å²) in [5.41, 5.74) is 1.41. The van der Waals surface area contributed by atoms with Gasteiger partial charge in [-0.2, -0.15) is 0 Å². The lowest BCUT2D eigenvalue weighted by atomic mass is 9.98. The number of nitrogens with zero attached hydrogens (tertiary/aromatic N) is 2. The first kappa shape index (κ1) is 15.9. The van der Waals surface area contributed by atoms with E-state index >= 15 is 0 Å². The van der Waals surface area contributed by atoms with Crippen LogP contribution in [0.25, 0.3) is 0 Å². The van der Waals surface area contributed by atoms with Gasteiger partial charge in [0.05, 0.1) is 10.7 Å². The quantitative estimate of drug-likeness (QED) is 0.907. The van der Waals surface area contributed by atoms with E-state index in [1.165, 1.54) is 10.7 Å². The van der Waals surface area contributed by atoms with E-state index in [-0.39, 0.29) is 17.8 Å². The van der Waals surface area contributed by atoms with Gasteiger partial charge in [-0.3, -0.25) is 4.90 Å². The molecule has 1 unspecified atom stereocenters. The largest absolute Gasteiger partial charge is 0.314 e. The van der Waals surface area contributed by atoms with Gasteiger partial charge in [-0.15, -0.1) is 23.7 Å². The van der Waals surface area contributed by atoms with Crippen LogP contribution >= 0.6 is 23.7 Å². The minimum Gasteiger partial charge on any atom is -0.314 e. The molecule has 2 rings (SSSR count). The Morgan fingerprint density at radius 2 is 2.22 bits per heavy atom. The van der Waals surface area contributed by atoms with Crippen molar-refractivity contribution in [3.63, 3.8) is 0 Å². The van der Waals surface area contributed by atoms with Crippen LogP contribution in [0, 0.1) is 0 Å². The van der Waals surface area contributed by atoms with Crippen LogP contribution in [-0.2, 0) is 12.0 Å². The number of aromatic nitrogens is 1. The van der Waals surface area contributed by atoms with E-state index in [0.29, 0.717) is 6.04 Å². The third kappa shape index (κ3) is 3.92. The summed E-state index contributed by atoms with van der Waals surface area (Å²) in [6.07, 6.45) is 0. The molecule has 0 aliphatic carbocycles. The molecule has 18 heavy (non-hydrogen) atoms. The van der Waals surface area contributed by atoms with Crippen LogP contribution in [0.5, 0.6) is 0 Å². The molecule has 0 aromatic carbocycles. The lowest BCUT2D eigenvalue weighted by Gasteiger charge is -2.33. The zero-order chi connectivity index (χ0) is 12.5. The average Bonchev–Trinajstić information content (AvgIpc) is 2.69. The monoisotopic (exact) mass is 289 g/mol. The fraction of sp³-hybridized carbons (Fsp3) is 0.769. The zero-order valence-electron chi connectivity index (χ0n) is 11.7. The Labute approximate surface area is 120 Å². The Morgan fingerprint density at radius 3 is 2.78 bits per heavy atom. The molecule has 0 spiro atoms. The van der Waals surface area contributed by atoms with Gasteiger partial charge in [0.15, 0.2) is 0 Å². The van der Waals surface area contributed by atoms with Crippen molar-refractivity contribution in [2.24, 2.45) is 0 Å². The van der Waals surface area contributed by atoms with Crippen LogP contribution in [0.1, 0.15) is 38.4 Å². The lowest BCUT2D eigenvalue weighted by molar-refractivity contribution is 0.164. The van der Waals surface area contributed by atoms with E-state index < -0.39 is 0 Å². The molecule has 0 saturated carbocycles. The first-order valence-electron chi connectivity index (χ1n) is 6.36. The molecule has 1 aliphatic heterocycles. The SMILES string of the molecule is CC1CNCCN1Cc1csc(C(C)(C)C)n1.Cl. The zero-order valence-corrected chi connectivity index (χ0v) is 13.3. The molecule has 104 valence electrons. The molecule has 1 aliphatic rings. The molecule has 5 heteroatoms. The maximum absolute atomic E-state index is 4.77. The van der Waals surface area contributed by atoms with Gasteiger partial charge < -0.3 is 5.32 Å². The number of rotatable bonds is 2. The van der Waals surface area contributed by atoms with Crippen molar-refractivity contribution < 1.29 is 0 Å². The maximum Gasteiger partial charge on any atom is 0.0982 e. The van der Waals surface area contributed by atoms with Gasteiger partial charge in [0.25, 0.3) is 0 Å². The molecule has 1 N–H and O–H groups in total. The van der Waals surface area contributed by atoms with Gasteiger partial charge in [0.2, 0.25) is 0 Å². The van der Waals surface area contributed by atoms with Crippen molar-refractivity contribution in [3.05, 3.63) is 16.1 Å². The van der Waals surface area contributed by atoms with Gasteiger partial charge in [0, 0.05) is 43.0 Å². The predicted molar refractivity (Wildman–Crippen MR) is 80.8 cm³/mol. The van der Waals surface area contributed by atoms with Crippen molar-refractivity contribution in [1.29, 1.82) is 0 Å². The molecule has 1 saturated heterocycles. The summed E-state index contributed by atoms with van der Waals surface area (Å²) >= 11 is 1.79. The summed E-state index contributed by atoms with van der Waals surface area (Å²) in [5, 5.41) is 6.88. The summed E-state index contributed by atoms with van der Waals surface area (Å²) in [4.78, 5) is 7.28. The average molecular weight is 290 g/mol. The van der Waals surface area contributed by atoms with Crippen LogP contribution in [-0.4, -0.2) is 35.6 Å². The van der Waals surface area contributed by atoms with E-state index in [1.807, 2.05) is 0 Å². The molecular formula is C13H24ClN3S. The second kappa shape index (κ2) is 6.33. The van der Waals surface area contributed by atoms with Gasteiger partial charge in [-0.25, -0.2) is 4.98 Å². The van der Waals surface area contributed by atoms with Crippen molar-refractivity contribution >= 4 is 23.7 Å². The smallest absolute Gasteiger partial charge is 0.0982 e. The lowest BCUT2D eigenvalue weighted by Crippen LogP contribution is -2.49. The highest BCUT2D eigenvalue weighted by Crippen LogP contribution is 2.26. The van der Waals surface area contributed by atoms with Crippen LogP contribution in [0.3, 0.4) is 0 Å². The Hall–Kier alpha value is -0.160. The van der Waals surface area contributed by atoms with Gasteiger partial charge in [-0.05, 0) is 6.92 Å². The number of hydrogen-bond acceptors (Lipinski definition) is 4. The van der Waals surface area contributed by atoms with E-state index in [1.54, 1.807) is 11.3 Å². The molecule has 1 aromatic heterocycles. The normalized spacial score (nSPS) is 21.7. The van der Waals surface area contributed by atoms with E-state index in [9.17, 15) is 0 Å². The fourth-order valence-corrected chi connectivity index (χ4v) is 2.95. The molecule has 2 heterocycles. The van der Waals surface area contributed by atoms with Crippen molar-refractivity contribution in [1.82, 2.24) is 15.2 Å². The number of nitrogens with one attached hydrogen (secondary N) is 1. The Balaban J connectivity index is 0.00000162. The summed E-state index contributed by atoms with van der Waals surface area (Å²) in [7, 11) is 0. The van der Waals surface area contributed by atoms with Gasteiger partial charge in [-0.1, -0.05) is 20.8 Å². The summed E-state index contributed by atoms with van der Waals surface area (Å²) in [5.74, 6) is 0. The Bertz CT molecular complexity index is 373. The number of halogens is 1. The van der Waals surface area contributed by atoms with Crippen LogP contribution in [0.15, 0.2) is 5.38 Å². The second-order valence-corrected chi connectivity index (χ2v) is 6.78. The molecule has 1 fully saturated rings. The third-order valence-corrected chi connectivity index (χ3v) is 4.51. The molecular weight excluding hydrogens is 266 g/mol. The van der Waals surface area contributed by atoms with E-state index in [0.717, 1.165) is 26.2 Å². The Kier molecular flexibility index (Phi) is 5.59. The fourth-order valence-electron chi connectivity index (χ4n) is 2.05. The van der Waals surface area contributed by atoms with Gasteiger partial charge in [0.1, 0.15) is 0 Å². The van der Waals surface area contributed by atoms with Crippen LogP contribution < -0.4 is 5.32 Å². The van der Waals surface area contributed by atoms with Crippen molar-refractivity contribution in [3.8, 4) is 0 Å². The van der Waals surface area contributed by atoms with Crippen molar-refractivity contribution in [2.45, 2.75) is 45.7 Å². The van der Waals surface area contributed by atoms with Crippen LogP contribution in [0.4, 0.5) is 0 Å². The van der Waals surface area contributed by atoms with E-state index in [4.69, 9.17) is 4.98 Å². The molecule has 0 radical (unpaired) electrons. The second-order valence-electron chi connectivity index (χ2n) is 5.92. The van der Waals surface area contributed by atoms with Crippen molar-refractivity contribution in [2.75, 3.05) is 19.6 Å². The van der Waals surface area contributed by atoms with Gasteiger partial charge >= 0.3 is 0 Å². The summed E-state index contributed by atoms with van der Waals surface area (Å²) in [6, 6.07) is 0.614. The molecule has 3 nitrogen and oxygen atoms in total. The molecule has 1 aromatic rings. The number of piperazine rings is 1. The maximum atomic E-state index is 4.77. The first-order valence-corrected chi connectivity index (χ1v) is 7.24. The van der Waals surface area contributed by atoms with Crippen LogP contribution in [0.2, 0.25) is 0 Å². The molecule has 0 bridgehead atoms. The highest BCUT2D eigenvalue weighted by molar-refractivity contribution is 7.09. The predicted octanol–water partition coefficient (Wildman–Crippen LogP) is 2.66. The first-order chi connectivity index (χ1) is 7.97. The topological polar surface area (TPSA) is 28.2 Å². The summed E-state index contributed by atoms with van der Waals surface area (Å²) < 4.78 is 0. The molecule has 1 atom stereocenters. The number of thiazole rings is 1.